The van der Waals surface area contributed by atoms with Crippen LogP contribution in [0.25, 0.3) is 0 Å². The molecule has 0 atom stereocenters. The minimum atomic E-state index is 0. The minimum Gasteiger partial charge on any atom is -0.198 e. The normalized spacial score (nSPS) is 9.71. The first-order valence-electron chi connectivity index (χ1n) is 4.61. The van der Waals surface area contributed by atoms with Crippen molar-refractivity contribution in [2.45, 2.75) is 32.5 Å². The van der Waals surface area contributed by atoms with Crippen molar-refractivity contribution < 1.29 is 0 Å². The first-order valence-corrected chi connectivity index (χ1v) is 5.73. The summed E-state index contributed by atoms with van der Waals surface area (Å²) >= 11 is 3.53. The predicted molar refractivity (Wildman–Crippen MR) is 62.4 cm³/mol. The molecule has 2 heteroatoms. The number of alkyl halides is 1. The van der Waals surface area contributed by atoms with Gasteiger partial charge in [-0.2, -0.15) is 18.6 Å². The van der Waals surface area contributed by atoms with Crippen LogP contribution in [0.2, 0.25) is 0 Å². The molecule has 0 aliphatic rings. The number of hydrogen-bond donors (Lipinski definition) is 0. The van der Waals surface area contributed by atoms with E-state index in [4.69, 9.17) is 0 Å². The van der Waals surface area contributed by atoms with Crippen LogP contribution in [0.1, 0.15) is 34.7 Å². The van der Waals surface area contributed by atoms with Crippen LogP contribution in [0.5, 0.6) is 0 Å². The fourth-order valence-corrected chi connectivity index (χ4v) is 2.50. The van der Waals surface area contributed by atoms with Gasteiger partial charge in [0.05, 0.1) is 0 Å². The van der Waals surface area contributed by atoms with E-state index in [2.05, 4.69) is 49.7 Å². The van der Waals surface area contributed by atoms with Gasteiger partial charge < -0.3 is 0 Å². The van der Waals surface area contributed by atoms with Crippen LogP contribution in [-0.2, 0) is 11.8 Å². The summed E-state index contributed by atoms with van der Waals surface area (Å²) in [5, 5.41) is 0.932. The molecule has 0 nitrogen and oxygen atoms in total. The van der Waals surface area contributed by atoms with E-state index in [-0.39, 0.29) is 0 Å². The van der Waals surface area contributed by atoms with Gasteiger partial charge in [-0.15, -0.1) is 11.1 Å². The number of hydrogen-bond acceptors (Lipinski definition) is 0. The number of halogens is 1. The Balaban J connectivity index is 0.00000169. The van der Waals surface area contributed by atoms with Gasteiger partial charge in [-0.05, 0) is 13.3 Å². The summed E-state index contributed by atoms with van der Waals surface area (Å²) < 4.78 is 0. The predicted octanol–water partition coefficient (Wildman–Crippen LogP) is 3.94. The molecule has 0 spiro atoms. The maximum absolute atomic E-state index is 4.06. The van der Waals surface area contributed by atoms with Crippen molar-refractivity contribution in [2.75, 3.05) is 0 Å². The Hall–Kier alpha value is -1.43. The van der Waals surface area contributed by atoms with Gasteiger partial charge >= 0.3 is 0 Å². The van der Waals surface area contributed by atoms with Crippen LogP contribution in [0, 0.1) is 20.8 Å². The summed E-state index contributed by atoms with van der Waals surface area (Å²) in [5.74, 6) is 0. The van der Waals surface area contributed by atoms with Gasteiger partial charge in [0.25, 0.3) is 0 Å². The fraction of sp³-hybridized carbons (Fsp3) is 0.417. The van der Waals surface area contributed by atoms with Crippen molar-refractivity contribution in [3.63, 3.8) is 0 Å². The molecule has 0 heterocycles. The molecule has 1 rings (SSSR count). The van der Waals surface area contributed by atoms with E-state index in [1.165, 1.54) is 22.3 Å². The summed E-state index contributed by atoms with van der Waals surface area (Å²) in [6.07, 6.45) is 1.09. The second kappa shape index (κ2) is 4.71. The average Bonchev–Trinajstić information content (AvgIpc) is 2.12. The summed E-state index contributed by atoms with van der Waals surface area (Å²) in [6.45, 7) is 10.6. The van der Waals surface area contributed by atoms with Gasteiger partial charge in [0.2, 0.25) is 0 Å². The third-order valence-electron chi connectivity index (χ3n) is 2.73. The van der Waals surface area contributed by atoms with Gasteiger partial charge in [-0.1, -0.05) is 40.9 Å². The van der Waals surface area contributed by atoms with Crippen LogP contribution < -0.4 is 0 Å². The van der Waals surface area contributed by atoms with E-state index >= 15 is 0 Å². The van der Waals surface area contributed by atoms with E-state index in [9.17, 15) is 0 Å². The zero-order valence-corrected chi connectivity index (χ0v) is 17.3. The maximum Gasteiger partial charge on any atom is 0.0175 e. The number of benzene rings is 1. The molecule has 0 saturated carbocycles. The van der Waals surface area contributed by atoms with Crippen LogP contribution in [0.15, 0.2) is 6.07 Å². The standard InChI is InChI=1S/C12H16Br.Rf/c1-5-11-6-8(2)9(3)12(7-13)10(11)4;/h6H,2,5,7H2,1,3-4H3;/q-1;. The first-order chi connectivity index (χ1) is 6.11. The van der Waals surface area contributed by atoms with Crippen LogP contribution >= 0.6 is 15.9 Å². The van der Waals surface area contributed by atoms with Gasteiger partial charge in [0, 0.05) is 5.33 Å². The van der Waals surface area contributed by atoms with Crippen molar-refractivity contribution in [1.82, 2.24) is 0 Å². The molecule has 0 aliphatic carbocycles. The van der Waals surface area contributed by atoms with E-state index in [0.29, 0.717) is 0 Å². The van der Waals surface area contributed by atoms with Crippen molar-refractivity contribution in [3.8, 4) is 0 Å². The maximum atomic E-state index is 4.06. The quantitative estimate of drug-likeness (QED) is 0.421. The molecule has 0 bridgehead atoms. The van der Waals surface area contributed by atoms with Gasteiger partial charge in [0.15, 0.2) is 0 Å². The zero-order chi connectivity index (χ0) is 10.0. The molecule has 14 heavy (non-hydrogen) atoms. The molecule has 0 amide bonds. The number of aryl methyl sites for hydroxylation is 1. The largest absolute Gasteiger partial charge is 0.198 e. The van der Waals surface area contributed by atoms with E-state index in [0.717, 1.165) is 17.3 Å². The van der Waals surface area contributed by atoms with E-state index < -0.39 is 0 Å². The molecule has 0 N–H and O–H groups in total. The van der Waals surface area contributed by atoms with Crippen LogP contribution in [-0.4, -0.2) is 0 Å². The molecular formula is C12H16BrRf-. The summed E-state index contributed by atoms with van der Waals surface area (Å²) in [6, 6.07) is 2.21. The Kier molecular flexibility index (Phi) is 4.23. The molecular weight excluding hydrogens is 491 g/mol. The Morgan fingerprint density at radius 1 is 1.29 bits per heavy atom. The van der Waals surface area contributed by atoms with Gasteiger partial charge in [0.1, 0.15) is 0 Å². The molecule has 0 aliphatic heterocycles. The monoisotopic (exact) mass is 506 g/mol. The average molecular weight is 507 g/mol. The topological polar surface area (TPSA) is 0 Å². The SMILES string of the molecule is [CH2-]c1cc(CC)c(C)c(CBr)c1C.[Rf]. The Morgan fingerprint density at radius 3 is 2.29 bits per heavy atom. The van der Waals surface area contributed by atoms with E-state index in [1.54, 1.807) is 0 Å². The van der Waals surface area contributed by atoms with Gasteiger partial charge in [-0.25, -0.2) is 0 Å². The Morgan fingerprint density at radius 2 is 1.86 bits per heavy atom. The van der Waals surface area contributed by atoms with Crippen molar-refractivity contribution >= 4 is 15.9 Å². The van der Waals surface area contributed by atoms with Crippen LogP contribution in [0.3, 0.4) is 0 Å². The fourth-order valence-electron chi connectivity index (χ4n) is 1.66. The van der Waals surface area contributed by atoms with E-state index in [1.807, 2.05) is 0 Å². The summed E-state index contributed by atoms with van der Waals surface area (Å²) in [7, 11) is 0. The Bertz CT molecular complexity index is 319. The molecule has 1 aromatic carbocycles. The summed E-state index contributed by atoms with van der Waals surface area (Å²) in [5.41, 5.74) is 6.74. The molecule has 74 valence electrons. The second-order valence-electron chi connectivity index (χ2n) is 3.41. The second-order valence-corrected chi connectivity index (χ2v) is 3.97. The molecule has 0 aromatic heterocycles. The minimum absolute atomic E-state index is 0. The summed E-state index contributed by atoms with van der Waals surface area (Å²) in [4.78, 5) is 0. The van der Waals surface area contributed by atoms with Crippen LogP contribution in [0.4, 0.5) is 0 Å². The molecule has 0 saturated heterocycles. The van der Waals surface area contributed by atoms with Crippen molar-refractivity contribution in [1.29, 1.82) is 0 Å². The molecule has 0 fully saturated rings. The zero-order valence-electron chi connectivity index (χ0n) is 9.28. The smallest absolute Gasteiger partial charge is 0.0175 e. The Labute approximate surface area is 89.5 Å². The molecule has 0 unspecified atom stereocenters. The third kappa shape index (κ3) is 1.90. The first kappa shape index (κ1) is 12.6. The van der Waals surface area contributed by atoms with Gasteiger partial charge in [-0.3, -0.25) is 0 Å². The van der Waals surface area contributed by atoms with Crippen molar-refractivity contribution in [3.05, 3.63) is 40.8 Å². The molecule has 1 aromatic rings. The third-order valence-corrected chi connectivity index (χ3v) is 3.29. The van der Waals surface area contributed by atoms with Crippen molar-refractivity contribution in [2.24, 2.45) is 0 Å². The molecule has 0 radical (unpaired) electrons. The number of rotatable bonds is 2.